The van der Waals surface area contributed by atoms with Crippen LogP contribution in [0.1, 0.15) is 32.0 Å². The number of halogens is 1. The predicted molar refractivity (Wildman–Crippen MR) is 109 cm³/mol. The molecule has 1 amide bonds. The Bertz CT molecular complexity index is 977. The maximum Gasteiger partial charge on any atom is 0.410 e. The first-order chi connectivity index (χ1) is 13.6. The second kappa shape index (κ2) is 7.16. The fourth-order valence-electron chi connectivity index (χ4n) is 3.73. The van der Waals surface area contributed by atoms with E-state index in [0.717, 1.165) is 21.5 Å². The van der Waals surface area contributed by atoms with Crippen molar-refractivity contribution < 1.29 is 19.4 Å². The van der Waals surface area contributed by atoms with Crippen molar-refractivity contribution in [3.63, 3.8) is 0 Å². The summed E-state index contributed by atoms with van der Waals surface area (Å²) in [5.41, 5.74) is 2.08. The van der Waals surface area contributed by atoms with E-state index < -0.39 is 11.6 Å². The topological polar surface area (TPSA) is 100 Å². The van der Waals surface area contributed by atoms with Crippen LogP contribution in [0.5, 0.6) is 0 Å². The van der Waals surface area contributed by atoms with Gasteiger partial charge in [-0.3, -0.25) is 4.79 Å². The third kappa shape index (κ3) is 3.77. The summed E-state index contributed by atoms with van der Waals surface area (Å²) in [5.74, 6) is -0.286. The molecule has 0 bridgehead atoms. The minimum Gasteiger partial charge on any atom is -0.481 e. The lowest BCUT2D eigenvalue weighted by Gasteiger charge is -2.39. The van der Waals surface area contributed by atoms with E-state index in [4.69, 9.17) is 9.72 Å². The van der Waals surface area contributed by atoms with Gasteiger partial charge in [0.25, 0.3) is 0 Å². The number of carbonyl (C=O) groups excluding carboxylic acids is 1. The number of aliphatic carboxylic acids is 1. The number of aromatic nitrogens is 3. The molecule has 0 radical (unpaired) electrons. The van der Waals surface area contributed by atoms with Gasteiger partial charge in [-0.25, -0.2) is 9.78 Å². The first-order valence-electron chi connectivity index (χ1n) is 9.64. The molecule has 156 valence electrons. The van der Waals surface area contributed by atoms with Crippen LogP contribution in [0.2, 0.25) is 0 Å². The maximum atomic E-state index is 12.5. The van der Waals surface area contributed by atoms with Gasteiger partial charge in [0.05, 0.1) is 22.3 Å². The number of rotatable bonds is 2. The molecule has 1 N–H and O–H groups in total. The average molecular weight is 466 g/mol. The van der Waals surface area contributed by atoms with Crippen molar-refractivity contribution in [3.8, 4) is 0 Å². The summed E-state index contributed by atoms with van der Waals surface area (Å²) in [6.45, 7) is 7.47. The molecule has 2 aliphatic rings. The number of anilines is 1. The minimum atomic E-state index is -0.782. The quantitative estimate of drug-likeness (QED) is 0.725. The molecule has 2 aromatic rings. The van der Waals surface area contributed by atoms with E-state index in [1.807, 2.05) is 25.7 Å². The summed E-state index contributed by atoms with van der Waals surface area (Å²) < 4.78 is 8.08. The molecule has 2 aliphatic heterocycles. The zero-order valence-corrected chi connectivity index (χ0v) is 18.3. The van der Waals surface area contributed by atoms with Gasteiger partial charge in [0, 0.05) is 38.2 Å². The number of carboxylic acids is 1. The van der Waals surface area contributed by atoms with Gasteiger partial charge in [0.1, 0.15) is 11.4 Å². The van der Waals surface area contributed by atoms with Crippen LogP contribution in [-0.4, -0.2) is 68.4 Å². The molecule has 2 aromatic heterocycles. The maximum absolute atomic E-state index is 12.5. The molecular weight excluding hydrogens is 442 g/mol. The number of hydrogen-bond donors (Lipinski definition) is 1. The van der Waals surface area contributed by atoms with Gasteiger partial charge < -0.3 is 19.6 Å². The second-order valence-corrected chi connectivity index (χ2v) is 9.35. The molecule has 1 saturated heterocycles. The Morgan fingerprint density at radius 2 is 1.93 bits per heavy atom. The Morgan fingerprint density at radius 3 is 2.59 bits per heavy atom. The lowest BCUT2D eigenvalue weighted by Crippen LogP contribution is -2.51. The molecule has 4 rings (SSSR count). The Hall–Kier alpha value is -2.36. The third-order valence-corrected chi connectivity index (χ3v) is 5.75. The van der Waals surface area contributed by atoms with E-state index in [9.17, 15) is 14.7 Å². The van der Waals surface area contributed by atoms with Crippen LogP contribution in [-0.2, 0) is 22.4 Å². The molecule has 29 heavy (non-hydrogen) atoms. The van der Waals surface area contributed by atoms with Crippen molar-refractivity contribution in [3.05, 3.63) is 21.9 Å². The van der Waals surface area contributed by atoms with E-state index in [1.54, 1.807) is 15.6 Å². The number of nitrogens with zero attached hydrogens (tertiary/aromatic N) is 5. The SMILES string of the molecule is CC(C)(C)OC(=O)N1CCc2nc3c(Br)cnn3c(N3CC(C(=O)O)C3)c2CC1. The molecule has 4 heterocycles. The smallest absolute Gasteiger partial charge is 0.410 e. The van der Waals surface area contributed by atoms with Gasteiger partial charge in [-0.1, -0.05) is 0 Å². The van der Waals surface area contributed by atoms with Crippen LogP contribution in [0.15, 0.2) is 10.7 Å². The summed E-state index contributed by atoms with van der Waals surface area (Å²) in [7, 11) is 0. The van der Waals surface area contributed by atoms with Crippen LogP contribution in [0.4, 0.5) is 10.6 Å². The highest BCUT2D eigenvalue weighted by molar-refractivity contribution is 9.10. The number of fused-ring (bicyclic) bond motifs is 2. The Labute approximate surface area is 176 Å². The van der Waals surface area contributed by atoms with E-state index in [-0.39, 0.29) is 12.0 Å². The van der Waals surface area contributed by atoms with E-state index >= 15 is 0 Å². The fraction of sp³-hybridized carbons (Fsp3) is 0.579. The fourth-order valence-corrected chi connectivity index (χ4v) is 4.08. The first kappa shape index (κ1) is 19.9. The molecule has 0 atom stereocenters. The number of carboxylic acid groups (broad SMARTS) is 1. The summed E-state index contributed by atoms with van der Waals surface area (Å²) in [6.07, 6.45) is 2.59. The average Bonchev–Trinajstić information content (AvgIpc) is 2.81. The highest BCUT2D eigenvalue weighted by atomic mass is 79.9. The van der Waals surface area contributed by atoms with Crippen molar-refractivity contribution >= 4 is 39.5 Å². The van der Waals surface area contributed by atoms with Gasteiger partial charge >= 0.3 is 12.1 Å². The number of ether oxygens (including phenoxy) is 1. The molecule has 10 heteroatoms. The summed E-state index contributed by atoms with van der Waals surface area (Å²) in [4.78, 5) is 32.4. The van der Waals surface area contributed by atoms with Gasteiger partial charge in [-0.05, 0) is 43.1 Å². The van der Waals surface area contributed by atoms with Gasteiger partial charge in [-0.15, -0.1) is 0 Å². The van der Waals surface area contributed by atoms with Crippen molar-refractivity contribution in [2.45, 2.75) is 39.2 Å². The molecule has 0 saturated carbocycles. The highest BCUT2D eigenvalue weighted by Gasteiger charge is 2.37. The Balaban J connectivity index is 1.66. The molecular formula is C19H24BrN5O4. The monoisotopic (exact) mass is 465 g/mol. The zero-order valence-electron chi connectivity index (χ0n) is 16.7. The van der Waals surface area contributed by atoms with Crippen molar-refractivity contribution in [1.29, 1.82) is 0 Å². The normalized spacial score (nSPS) is 17.7. The van der Waals surface area contributed by atoms with Crippen molar-refractivity contribution in [1.82, 2.24) is 19.5 Å². The third-order valence-electron chi connectivity index (χ3n) is 5.19. The van der Waals surface area contributed by atoms with E-state index in [2.05, 4.69) is 21.0 Å². The van der Waals surface area contributed by atoms with Crippen molar-refractivity contribution in [2.24, 2.45) is 5.92 Å². The molecule has 9 nitrogen and oxygen atoms in total. The summed E-state index contributed by atoms with van der Waals surface area (Å²) in [6, 6.07) is 0. The largest absolute Gasteiger partial charge is 0.481 e. The van der Waals surface area contributed by atoms with Crippen LogP contribution in [0.25, 0.3) is 5.65 Å². The second-order valence-electron chi connectivity index (χ2n) is 8.50. The minimum absolute atomic E-state index is 0.326. The van der Waals surface area contributed by atoms with Crippen LogP contribution < -0.4 is 4.90 Å². The van der Waals surface area contributed by atoms with Crippen molar-refractivity contribution in [2.75, 3.05) is 31.1 Å². The molecule has 0 aliphatic carbocycles. The van der Waals surface area contributed by atoms with E-state index in [0.29, 0.717) is 44.7 Å². The summed E-state index contributed by atoms with van der Waals surface area (Å²) >= 11 is 3.50. The lowest BCUT2D eigenvalue weighted by molar-refractivity contribution is -0.142. The highest BCUT2D eigenvalue weighted by Crippen LogP contribution is 2.34. The number of carbonyl (C=O) groups is 2. The first-order valence-corrected chi connectivity index (χ1v) is 10.4. The molecule has 1 fully saturated rings. The lowest BCUT2D eigenvalue weighted by atomic mass is 9.98. The van der Waals surface area contributed by atoms with E-state index in [1.165, 1.54) is 0 Å². The molecule has 0 aromatic carbocycles. The van der Waals surface area contributed by atoms with Gasteiger partial charge in [0.15, 0.2) is 5.65 Å². The Morgan fingerprint density at radius 1 is 1.24 bits per heavy atom. The zero-order chi connectivity index (χ0) is 20.9. The Kier molecular flexibility index (Phi) is 4.92. The van der Waals surface area contributed by atoms with Crippen LogP contribution >= 0.6 is 15.9 Å². The summed E-state index contributed by atoms with van der Waals surface area (Å²) in [5, 5.41) is 13.7. The van der Waals surface area contributed by atoms with Gasteiger partial charge in [-0.2, -0.15) is 9.61 Å². The predicted octanol–water partition coefficient (Wildman–Crippen LogP) is 2.35. The molecule has 0 spiro atoms. The van der Waals surface area contributed by atoms with Crippen LogP contribution in [0.3, 0.4) is 0 Å². The van der Waals surface area contributed by atoms with Crippen LogP contribution in [0, 0.1) is 5.92 Å². The standard InChI is InChI=1S/C19H24BrN5O4/c1-19(2,3)29-18(28)23-6-4-12-14(5-7-23)22-15-13(20)8-21-25(15)16(12)24-9-11(10-24)17(26)27/h8,11H,4-7,9-10H2,1-3H3,(H,26,27). The van der Waals surface area contributed by atoms with Gasteiger partial charge in [0.2, 0.25) is 0 Å². The molecule has 0 unspecified atom stereocenters. The number of hydrogen-bond acceptors (Lipinski definition) is 6. The number of amides is 1.